The van der Waals surface area contributed by atoms with E-state index in [1.807, 2.05) is 0 Å². The number of hydrogen-bond acceptors (Lipinski definition) is 16. The molecule has 3 aliphatic rings. The lowest BCUT2D eigenvalue weighted by Gasteiger charge is -2.48. The molecule has 0 aliphatic carbocycles. The molecule has 200 valence electrons. The molecule has 0 saturated carbocycles. The van der Waals surface area contributed by atoms with Crippen molar-refractivity contribution in [1.29, 1.82) is 0 Å². The van der Waals surface area contributed by atoms with Crippen LogP contribution in [0, 0.1) is 0 Å². The van der Waals surface area contributed by atoms with E-state index < -0.39 is 112 Å². The minimum atomic E-state index is -1.94. The monoisotopic (exact) mass is 504 g/mol. The van der Waals surface area contributed by atoms with Crippen molar-refractivity contribution < 1.29 is 79.9 Å². The highest BCUT2D eigenvalue weighted by Gasteiger charge is 2.53. The summed E-state index contributed by atoms with van der Waals surface area (Å²) in [5, 5.41) is 109. The van der Waals surface area contributed by atoms with Crippen LogP contribution in [0.25, 0.3) is 0 Å². The SMILES string of the molecule is OC[C@H]1O[C@@H](O[C@@H]2[C@@H](O[C@H]3O[C@H](CO)[C@@H](O)[C@H](O)[C@@H]3O)[C@H](O)[C@@H](CO)O[C@H]2O)[C@H](O)[C@@H](O)[C@H]1O. The maximum Gasteiger partial charge on any atom is 0.187 e. The number of aliphatic hydroxyl groups excluding tert-OH is 11. The maximum absolute atomic E-state index is 10.6. The van der Waals surface area contributed by atoms with Gasteiger partial charge in [-0.25, -0.2) is 0 Å². The Kier molecular flexibility index (Phi) is 9.54. The van der Waals surface area contributed by atoms with E-state index in [-0.39, 0.29) is 0 Å². The Labute approximate surface area is 192 Å². The van der Waals surface area contributed by atoms with Crippen molar-refractivity contribution in [2.24, 2.45) is 0 Å². The molecule has 3 rings (SSSR count). The van der Waals surface area contributed by atoms with Crippen molar-refractivity contribution >= 4 is 0 Å². The first-order valence-electron chi connectivity index (χ1n) is 10.6. The second-order valence-corrected chi connectivity index (χ2v) is 8.33. The van der Waals surface area contributed by atoms with E-state index in [4.69, 9.17) is 23.7 Å². The highest BCUT2D eigenvalue weighted by Crippen LogP contribution is 2.32. The molecule has 16 nitrogen and oxygen atoms in total. The third-order valence-electron chi connectivity index (χ3n) is 6.10. The lowest BCUT2D eigenvalue weighted by atomic mass is 9.96. The highest BCUT2D eigenvalue weighted by atomic mass is 16.8. The van der Waals surface area contributed by atoms with E-state index in [9.17, 15) is 56.2 Å². The smallest absolute Gasteiger partial charge is 0.187 e. The molecule has 0 spiro atoms. The third-order valence-corrected chi connectivity index (χ3v) is 6.10. The molecule has 3 fully saturated rings. The summed E-state index contributed by atoms with van der Waals surface area (Å²) < 4.78 is 26.5. The zero-order valence-corrected chi connectivity index (χ0v) is 17.7. The average Bonchev–Trinajstić information content (AvgIpc) is 2.83. The van der Waals surface area contributed by atoms with Crippen LogP contribution in [-0.4, -0.2) is 168 Å². The van der Waals surface area contributed by atoms with Gasteiger partial charge in [-0.05, 0) is 0 Å². The number of rotatable bonds is 7. The Morgan fingerprint density at radius 3 is 1.24 bits per heavy atom. The Hall–Kier alpha value is -0.640. The minimum Gasteiger partial charge on any atom is -0.394 e. The van der Waals surface area contributed by atoms with Crippen LogP contribution in [0.5, 0.6) is 0 Å². The van der Waals surface area contributed by atoms with Gasteiger partial charge in [0, 0.05) is 0 Å². The Balaban J connectivity index is 1.83. The third kappa shape index (κ3) is 5.37. The van der Waals surface area contributed by atoms with E-state index in [0.717, 1.165) is 0 Å². The van der Waals surface area contributed by atoms with Crippen LogP contribution in [0.15, 0.2) is 0 Å². The fraction of sp³-hybridized carbons (Fsp3) is 1.00. The molecule has 0 amide bonds. The molecule has 0 bridgehead atoms. The largest absolute Gasteiger partial charge is 0.394 e. The van der Waals surface area contributed by atoms with Crippen molar-refractivity contribution in [2.45, 2.75) is 92.1 Å². The highest BCUT2D eigenvalue weighted by molar-refractivity contribution is 4.96. The van der Waals surface area contributed by atoms with Gasteiger partial charge >= 0.3 is 0 Å². The summed E-state index contributed by atoms with van der Waals surface area (Å²) >= 11 is 0. The second kappa shape index (κ2) is 11.6. The Morgan fingerprint density at radius 2 is 0.824 bits per heavy atom. The second-order valence-electron chi connectivity index (χ2n) is 8.33. The zero-order chi connectivity index (χ0) is 25.3. The summed E-state index contributed by atoms with van der Waals surface area (Å²) in [6.45, 7) is -2.33. The van der Waals surface area contributed by atoms with Crippen molar-refractivity contribution in [3.8, 4) is 0 Å². The molecule has 3 aliphatic heterocycles. The minimum absolute atomic E-state index is 0.769. The number of hydrogen-bond donors (Lipinski definition) is 11. The Morgan fingerprint density at radius 1 is 0.441 bits per heavy atom. The molecule has 3 saturated heterocycles. The molecule has 15 atom stereocenters. The average molecular weight is 504 g/mol. The van der Waals surface area contributed by atoms with Crippen LogP contribution >= 0.6 is 0 Å². The lowest BCUT2D eigenvalue weighted by molar-refractivity contribution is -0.387. The van der Waals surface area contributed by atoms with Gasteiger partial charge < -0.3 is 79.9 Å². The molecule has 0 aromatic heterocycles. The number of aliphatic hydroxyl groups is 11. The summed E-state index contributed by atoms with van der Waals surface area (Å²) in [5.41, 5.74) is 0. The fourth-order valence-corrected chi connectivity index (χ4v) is 4.03. The van der Waals surface area contributed by atoms with Gasteiger partial charge in [0.25, 0.3) is 0 Å². The van der Waals surface area contributed by atoms with Crippen molar-refractivity contribution in [3.63, 3.8) is 0 Å². The zero-order valence-electron chi connectivity index (χ0n) is 17.7. The normalized spacial score (nSPS) is 52.5. The van der Waals surface area contributed by atoms with E-state index in [1.165, 1.54) is 0 Å². The van der Waals surface area contributed by atoms with E-state index in [0.29, 0.717) is 0 Å². The van der Waals surface area contributed by atoms with Gasteiger partial charge in [-0.1, -0.05) is 0 Å². The molecule has 0 aromatic rings. The summed E-state index contributed by atoms with van der Waals surface area (Å²) in [6, 6.07) is 0. The first-order chi connectivity index (χ1) is 16.0. The van der Waals surface area contributed by atoms with E-state index >= 15 is 0 Å². The molecule has 34 heavy (non-hydrogen) atoms. The molecule has 0 aromatic carbocycles. The van der Waals surface area contributed by atoms with Crippen molar-refractivity contribution in [2.75, 3.05) is 19.8 Å². The first-order valence-corrected chi connectivity index (χ1v) is 10.6. The molecule has 16 heteroatoms. The van der Waals surface area contributed by atoms with Crippen molar-refractivity contribution in [1.82, 2.24) is 0 Å². The van der Waals surface area contributed by atoms with Gasteiger partial charge in [-0.15, -0.1) is 0 Å². The summed E-state index contributed by atoms with van der Waals surface area (Å²) in [7, 11) is 0. The maximum atomic E-state index is 10.6. The van der Waals surface area contributed by atoms with Crippen LogP contribution in [0.2, 0.25) is 0 Å². The fourth-order valence-electron chi connectivity index (χ4n) is 4.03. The quantitative estimate of drug-likeness (QED) is 0.154. The topological polar surface area (TPSA) is 269 Å². The van der Waals surface area contributed by atoms with Crippen LogP contribution in [0.4, 0.5) is 0 Å². The summed E-state index contributed by atoms with van der Waals surface area (Å²) in [6.07, 6.45) is -25.6. The van der Waals surface area contributed by atoms with Crippen LogP contribution in [0.3, 0.4) is 0 Å². The number of ether oxygens (including phenoxy) is 5. The standard InChI is InChI=1S/C18H32O16/c19-1-4-7(22)10(25)12(27)17(31-4)33-14-9(24)6(3-21)30-16(29)15(14)34-18-13(28)11(26)8(23)5(2-20)32-18/h4-29H,1-3H2/t4-,5-,6-,7-,8+,9-,10+,11+,12+,13-,14+,15-,16-,17-,18+/m1/s1. The van der Waals surface area contributed by atoms with Crippen LogP contribution in [0.1, 0.15) is 0 Å². The predicted octanol–water partition coefficient (Wildman–Crippen LogP) is -7.57. The Bertz CT molecular complexity index is 637. The van der Waals surface area contributed by atoms with Crippen LogP contribution < -0.4 is 0 Å². The molecule has 3 heterocycles. The molecular weight excluding hydrogens is 472 g/mol. The molecule has 11 N–H and O–H groups in total. The predicted molar refractivity (Wildman–Crippen MR) is 101 cm³/mol. The van der Waals surface area contributed by atoms with E-state index in [2.05, 4.69) is 0 Å². The van der Waals surface area contributed by atoms with Gasteiger partial charge in [0.1, 0.15) is 73.2 Å². The molecule has 0 unspecified atom stereocenters. The van der Waals surface area contributed by atoms with Gasteiger partial charge in [0.05, 0.1) is 19.8 Å². The van der Waals surface area contributed by atoms with Gasteiger partial charge in [0.15, 0.2) is 18.9 Å². The molecule has 0 radical (unpaired) electrons. The van der Waals surface area contributed by atoms with Gasteiger partial charge in [-0.2, -0.15) is 0 Å². The summed E-state index contributed by atoms with van der Waals surface area (Å²) in [4.78, 5) is 0. The first kappa shape index (κ1) is 27.9. The van der Waals surface area contributed by atoms with Gasteiger partial charge in [0.2, 0.25) is 0 Å². The van der Waals surface area contributed by atoms with Crippen LogP contribution in [-0.2, 0) is 23.7 Å². The van der Waals surface area contributed by atoms with E-state index in [1.54, 1.807) is 0 Å². The molecular formula is C18H32O16. The van der Waals surface area contributed by atoms with Crippen molar-refractivity contribution in [3.05, 3.63) is 0 Å². The lowest BCUT2D eigenvalue weighted by Crippen LogP contribution is -2.67. The summed E-state index contributed by atoms with van der Waals surface area (Å²) in [5.74, 6) is 0. The van der Waals surface area contributed by atoms with Gasteiger partial charge in [-0.3, -0.25) is 0 Å².